The van der Waals surface area contributed by atoms with Crippen LogP contribution in [-0.4, -0.2) is 38.9 Å². The van der Waals surface area contributed by atoms with E-state index in [-0.39, 0.29) is 0 Å². The average molecular weight is 227 g/mol. The van der Waals surface area contributed by atoms with Gasteiger partial charge in [0.05, 0.1) is 11.4 Å². The van der Waals surface area contributed by atoms with Crippen molar-refractivity contribution >= 4 is 17.6 Å². The van der Waals surface area contributed by atoms with Gasteiger partial charge >= 0.3 is 0 Å². The second kappa shape index (κ2) is 3.25. The maximum atomic E-state index is 4.49. The van der Waals surface area contributed by atoms with Crippen LogP contribution in [0.2, 0.25) is 0 Å². The van der Waals surface area contributed by atoms with Crippen molar-refractivity contribution in [2.75, 3.05) is 36.5 Å². The second-order valence-electron chi connectivity index (χ2n) is 5.27. The fraction of sp³-hybridized carbons (Fsp3) is 0.500. The Kier molecular flexibility index (Phi) is 1.82. The average Bonchev–Trinajstić information content (AvgIpc) is 2.70. The quantitative estimate of drug-likeness (QED) is 0.674. The van der Waals surface area contributed by atoms with E-state index in [4.69, 9.17) is 0 Å². The van der Waals surface area contributed by atoms with Gasteiger partial charge in [0.25, 0.3) is 0 Å². The number of para-hydroxylation sites is 1. The number of nitrogens with zero attached hydrogens (tertiary/aromatic N) is 3. The minimum Gasteiger partial charge on any atom is -0.371 e. The van der Waals surface area contributed by atoms with Gasteiger partial charge in [-0.25, -0.2) is 0 Å². The molecular weight excluding hydrogens is 210 g/mol. The normalized spacial score (nSPS) is 29.2. The van der Waals surface area contributed by atoms with E-state index in [2.05, 4.69) is 46.3 Å². The van der Waals surface area contributed by atoms with Gasteiger partial charge in [-0.15, -0.1) is 0 Å². The molecule has 4 rings (SSSR count). The van der Waals surface area contributed by atoms with Gasteiger partial charge in [-0.05, 0) is 18.1 Å². The van der Waals surface area contributed by atoms with Gasteiger partial charge in [-0.3, -0.25) is 4.99 Å². The predicted molar refractivity (Wildman–Crippen MR) is 71.6 cm³/mol. The number of anilines is 2. The third-order valence-corrected chi connectivity index (χ3v) is 4.41. The summed E-state index contributed by atoms with van der Waals surface area (Å²) in [4.78, 5) is 9.50. The fourth-order valence-corrected chi connectivity index (χ4v) is 3.57. The Labute approximate surface area is 102 Å². The first-order chi connectivity index (χ1) is 8.36. The molecule has 0 aromatic heterocycles. The van der Waals surface area contributed by atoms with Crippen LogP contribution >= 0.6 is 0 Å². The van der Waals surface area contributed by atoms with E-state index in [1.54, 1.807) is 0 Å². The summed E-state index contributed by atoms with van der Waals surface area (Å²) in [5.41, 5.74) is 4.36. The Bertz CT molecular complexity index is 494. The molecule has 17 heavy (non-hydrogen) atoms. The van der Waals surface area contributed by atoms with E-state index in [0.29, 0.717) is 12.0 Å². The molecule has 2 unspecified atom stereocenters. The van der Waals surface area contributed by atoms with Crippen molar-refractivity contribution < 1.29 is 0 Å². The summed E-state index contributed by atoms with van der Waals surface area (Å²) < 4.78 is 0. The fourth-order valence-electron chi connectivity index (χ4n) is 3.57. The summed E-state index contributed by atoms with van der Waals surface area (Å²) in [6, 6.07) is 7.39. The first kappa shape index (κ1) is 9.51. The molecule has 3 aliphatic heterocycles. The molecule has 0 spiro atoms. The number of hydrogen-bond donors (Lipinski definition) is 0. The summed E-state index contributed by atoms with van der Waals surface area (Å²) in [7, 11) is 2.20. The Hall–Kier alpha value is -1.51. The molecule has 0 N–H and O–H groups in total. The molecule has 3 heteroatoms. The second-order valence-corrected chi connectivity index (χ2v) is 5.27. The van der Waals surface area contributed by atoms with E-state index in [9.17, 15) is 0 Å². The molecule has 88 valence electrons. The van der Waals surface area contributed by atoms with Crippen LogP contribution in [0.1, 0.15) is 17.9 Å². The monoisotopic (exact) mass is 227 g/mol. The highest BCUT2D eigenvalue weighted by Gasteiger charge is 2.41. The summed E-state index contributed by atoms with van der Waals surface area (Å²) in [6.07, 6.45) is 3.39. The number of likely N-dealkylation sites (N-methyl/N-ethyl adjacent to an activating group) is 1. The molecule has 3 nitrogen and oxygen atoms in total. The third kappa shape index (κ3) is 1.14. The van der Waals surface area contributed by atoms with E-state index in [1.165, 1.54) is 23.4 Å². The van der Waals surface area contributed by atoms with Gasteiger partial charge < -0.3 is 9.80 Å². The summed E-state index contributed by atoms with van der Waals surface area (Å²) in [5, 5.41) is 0. The van der Waals surface area contributed by atoms with Crippen molar-refractivity contribution in [3.63, 3.8) is 0 Å². The van der Waals surface area contributed by atoms with Crippen LogP contribution in [-0.2, 0) is 0 Å². The van der Waals surface area contributed by atoms with Crippen molar-refractivity contribution in [2.24, 2.45) is 4.99 Å². The third-order valence-electron chi connectivity index (χ3n) is 4.41. The Morgan fingerprint density at radius 3 is 3.18 bits per heavy atom. The zero-order valence-electron chi connectivity index (χ0n) is 10.1. The predicted octanol–water partition coefficient (Wildman–Crippen LogP) is 1.88. The molecular formula is C14H17N3. The Morgan fingerprint density at radius 1 is 1.29 bits per heavy atom. The molecule has 1 aromatic rings. The largest absolute Gasteiger partial charge is 0.371 e. The van der Waals surface area contributed by atoms with Crippen LogP contribution in [0.15, 0.2) is 23.2 Å². The van der Waals surface area contributed by atoms with Crippen molar-refractivity contribution in [2.45, 2.75) is 18.4 Å². The Morgan fingerprint density at radius 2 is 2.24 bits per heavy atom. The van der Waals surface area contributed by atoms with Crippen molar-refractivity contribution in [1.82, 2.24) is 0 Å². The lowest BCUT2D eigenvalue weighted by Crippen LogP contribution is -2.44. The molecule has 0 radical (unpaired) electrons. The van der Waals surface area contributed by atoms with Gasteiger partial charge in [-0.1, -0.05) is 12.1 Å². The van der Waals surface area contributed by atoms with Crippen LogP contribution in [0.3, 0.4) is 0 Å². The summed E-state index contributed by atoms with van der Waals surface area (Å²) in [6.45, 7) is 3.29. The van der Waals surface area contributed by atoms with E-state index < -0.39 is 0 Å². The number of rotatable bonds is 0. The first-order valence-corrected chi connectivity index (χ1v) is 6.47. The van der Waals surface area contributed by atoms with E-state index in [0.717, 1.165) is 19.6 Å². The summed E-state index contributed by atoms with van der Waals surface area (Å²) in [5.74, 6) is 0.533. The van der Waals surface area contributed by atoms with Crippen molar-refractivity contribution in [3.05, 3.63) is 23.8 Å². The molecule has 2 atom stereocenters. The van der Waals surface area contributed by atoms with Crippen LogP contribution in [0.5, 0.6) is 0 Å². The highest BCUT2D eigenvalue weighted by Crippen LogP contribution is 2.48. The standard InChI is InChI=1S/C14H17N3/c1-16-7-8-17-12-5-6-15-9-11(12)10-3-2-4-13(16)14(10)17/h2-4,9,11-12H,5-8H2,1H3. The van der Waals surface area contributed by atoms with Crippen molar-refractivity contribution in [1.29, 1.82) is 0 Å². The SMILES string of the molecule is CN1CCN2c3c(cccc31)C1C=NCCC12. The van der Waals surface area contributed by atoms with Crippen LogP contribution in [0, 0.1) is 0 Å². The van der Waals surface area contributed by atoms with E-state index in [1.807, 2.05) is 0 Å². The van der Waals surface area contributed by atoms with Gasteiger partial charge in [0.15, 0.2) is 0 Å². The molecule has 3 heterocycles. The molecule has 3 aliphatic rings. The first-order valence-electron chi connectivity index (χ1n) is 6.47. The minimum absolute atomic E-state index is 0.533. The van der Waals surface area contributed by atoms with Gasteiger partial charge in [-0.2, -0.15) is 0 Å². The summed E-state index contributed by atoms with van der Waals surface area (Å²) >= 11 is 0. The van der Waals surface area contributed by atoms with Crippen LogP contribution < -0.4 is 9.80 Å². The lowest BCUT2D eigenvalue weighted by atomic mass is 9.92. The zero-order chi connectivity index (χ0) is 11.4. The highest BCUT2D eigenvalue weighted by atomic mass is 15.3. The number of fused-ring (bicyclic) bond motifs is 3. The molecule has 1 aromatic carbocycles. The number of aliphatic imine (C=N–C) groups is 1. The molecule has 0 saturated carbocycles. The van der Waals surface area contributed by atoms with Gasteiger partial charge in [0, 0.05) is 44.9 Å². The molecule has 0 bridgehead atoms. The van der Waals surface area contributed by atoms with Crippen LogP contribution in [0.4, 0.5) is 11.4 Å². The molecule has 0 aliphatic carbocycles. The number of benzene rings is 1. The Balaban J connectivity index is 1.94. The van der Waals surface area contributed by atoms with E-state index >= 15 is 0 Å². The minimum atomic E-state index is 0.533. The topological polar surface area (TPSA) is 18.8 Å². The van der Waals surface area contributed by atoms with Crippen molar-refractivity contribution in [3.8, 4) is 0 Å². The smallest absolute Gasteiger partial charge is 0.0647 e. The lowest BCUT2D eigenvalue weighted by molar-refractivity contribution is 0.543. The van der Waals surface area contributed by atoms with Gasteiger partial charge in [0.2, 0.25) is 0 Å². The molecule has 0 amide bonds. The lowest BCUT2D eigenvalue weighted by Gasteiger charge is -2.38. The molecule has 0 fully saturated rings. The number of hydrogen-bond acceptors (Lipinski definition) is 3. The maximum absolute atomic E-state index is 4.49. The zero-order valence-corrected chi connectivity index (χ0v) is 10.1. The van der Waals surface area contributed by atoms with Crippen LogP contribution in [0.25, 0.3) is 0 Å². The maximum Gasteiger partial charge on any atom is 0.0647 e. The highest BCUT2D eigenvalue weighted by molar-refractivity contribution is 5.87. The molecule has 0 saturated heterocycles. The van der Waals surface area contributed by atoms with Gasteiger partial charge in [0.1, 0.15) is 0 Å².